The van der Waals surface area contributed by atoms with Gasteiger partial charge in [0.2, 0.25) is 5.95 Å². The Morgan fingerprint density at radius 1 is 1.54 bits per heavy atom. The van der Waals surface area contributed by atoms with Crippen molar-refractivity contribution >= 4 is 22.6 Å². The number of aromatic nitrogens is 1. The molecule has 1 rings (SSSR count). The van der Waals surface area contributed by atoms with Crippen LogP contribution in [0.2, 0.25) is 0 Å². The van der Waals surface area contributed by atoms with Gasteiger partial charge in [0.25, 0.3) is 6.43 Å². The van der Waals surface area contributed by atoms with Gasteiger partial charge in [-0.2, -0.15) is 4.39 Å². The molecule has 1 aromatic rings. The lowest BCUT2D eigenvalue weighted by molar-refractivity contribution is 0.144. The standard InChI is InChI=1S/C7H5F3INO/c8-6(9)3-1-4(11)5(2-13)12-7(3)10/h1,6,13H,2H2. The Kier molecular flexibility index (Phi) is 3.48. The monoisotopic (exact) mass is 303 g/mol. The average molecular weight is 303 g/mol. The van der Waals surface area contributed by atoms with Crippen LogP contribution in [0, 0.1) is 9.52 Å². The summed E-state index contributed by atoms with van der Waals surface area (Å²) in [7, 11) is 0. The molecule has 0 aliphatic carbocycles. The van der Waals surface area contributed by atoms with Gasteiger partial charge in [0.05, 0.1) is 17.9 Å². The Bertz CT molecular complexity index is 319. The third-order valence-electron chi connectivity index (χ3n) is 1.41. The molecule has 0 radical (unpaired) electrons. The van der Waals surface area contributed by atoms with Gasteiger partial charge >= 0.3 is 0 Å². The summed E-state index contributed by atoms with van der Waals surface area (Å²) >= 11 is 1.71. The van der Waals surface area contributed by atoms with Crippen molar-refractivity contribution in [3.05, 3.63) is 26.8 Å². The van der Waals surface area contributed by atoms with Gasteiger partial charge in [-0.1, -0.05) is 0 Å². The molecule has 0 unspecified atom stereocenters. The number of aliphatic hydroxyl groups excluding tert-OH is 1. The summed E-state index contributed by atoms with van der Waals surface area (Å²) in [6, 6.07) is 0.985. The molecule has 1 N–H and O–H groups in total. The molecule has 0 amide bonds. The van der Waals surface area contributed by atoms with E-state index in [2.05, 4.69) is 4.98 Å². The minimum absolute atomic E-state index is 0.0718. The predicted molar refractivity (Wildman–Crippen MR) is 47.8 cm³/mol. The van der Waals surface area contributed by atoms with E-state index in [4.69, 9.17) is 5.11 Å². The molecule has 0 spiro atoms. The Morgan fingerprint density at radius 2 is 2.15 bits per heavy atom. The van der Waals surface area contributed by atoms with Crippen molar-refractivity contribution in [2.75, 3.05) is 0 Å². The normalized spacial score (nSPS) is 10.9. The molecule has 1 aromatic heterocycles. The van der Waals surface area contributed by atoms with Crippen LogP contribution < -0.4 is 0 Å². The first kappa shape index (κ1) is 10.7. The van der Waals surface area contributed by atoms with Crippen molar-refractivity contribution in [3.63, 3.8) is 0 Å². The number of aliphatic hydroxyl groups is 1. The predicted octanol–water partition coefficient (Wildman–Crippen LogP) is 2.26. The van der Waals surface area contributed by atoms with E-state index in [1.165, 1.54) is 0 Å². The molecule has 13 heavy (non-hydrogen) atoms. The van der Waals surface area contributed by atoms with Crippen LogP contribution in [0.4, 0.5) is 13.2 Å². The Labute approximate surface area is 85.9 Å². The van der Waals surface area contributed by atoms with Crippen molar-refractivity contribution < 1.29 is 18.3 Å². The summed E-state index contributed by atoms with van der Waals surface area (Å²) in [4.78, 5) is 3.21. The zero-order chi connectivity index (χ0) is 10.0. The molecular formula is C7H5F3INO. The first-order chi connectivity index (χ1) is 6.06. The highest BCUT2D eigenvalue weighted by atomic mass is 127. The minimum Gasteiger partial charge on any atom is -0.390 e. The van der Waals surface area contributed by atoms with Gasteiger partial charge < -0.3 is 5.11 Å². The van der Waals surface area contributed by atoms with E-state index in [1.807, 2.05) is 0 Å². The second kappa shape index (κ2) is 4.23. The van der Waals surface area contributed by atoms with Gasteiger partial charge in [0.1, 0.15) is 0 Å². The van der Waals surface area contributed by atoms with Crippen LogP contribution in [0.1, 0.15) is 17.7 Å². The second-order valence-corrected chi connectivity index (χ2v) is 3.42. The largest absolute Gasteiger partial charge is 0.390 e. The lowest BCUT2D eigenvalue weighted by Crippen LogP contribution is -2.02. The van der Waals surface area contributed by atoms with E-state index >= 15 is 0 Å². The zero-order valence-corrected chi connectivity index (χ0v) is 8.43. The number of hydrogen-bond acceptors (Lipinski definition) is 2. The average Bonchev–Trinajstić information content (AvgIpc) is 2.07. The summed E-state index contributed by atoms with van der Waals surface area (Å²) in [6.45, 7) is -0.460. The number of nitrogens with zero attached hydrogens (tertiary/aromatic N) is 1. The number of rotatable bonds is 2. The van der Waals surface area contributed by atoms with E-state index in [1.54, 1.807) is 22.6 Å². The molecular weight excluding hydrogens is 298 g/mol. The lowest BCUT2D eigenvalue weighted by Gasteiger charge is -2.04. The first-order valence-electron chi connectivity index (χ1n) is 3.30. The van der Waals surface area contributed by atoms with E-state index in [9.17, 15) is 13.2 Å². The van der Waals surface area contributed by atoms with Crippen molar-refractivity contribution in [1.82, 2.24) is 4.98 Å². The van der Waals surface area contributed by atoms with Crippen LogP contribution in [0.25, 0.3) is 0 Å². The summed E-state index contributed by atoms with van der Waals surface area (Å²) in [6.07, 6.45) is -2.88. The minimum atomic E-state index is -2.88. The summed E-state index contributed by atoms with van der Waals surface area (Å²) in [5.41, 5.74) is -0.663. The van der Waals surface area contributed by atoms with Gasteiger partial charge in [0, 0.05) is 3.57 Å². The molecule has 1 heterocycles. The third kappa shape index (κ3) is 2.31. The van der Waals surface area contributed by atoms with Crippen LogP contribution in [0.15, 0.2) is 6.07 Å². The smallest absolute Gasteiger partial charge is 0.268 e. The van der Waals surface area contributed by atoms with Crippen molar-refractivity contribution in [3.8, 4) is 0 Å². The van der Waals surface area contributed by atoms with E-state index in [0.29, 0.717) is 3.57 Å². The molecule has 0 fully saturated rings. The maximum Gasteiger partial charge on any atom is 0.268 e. The molecule has 6 heteroatoms. The molecule has 0 atom stereocenters. The number of alkyl halides is 2. The fourth-order valence-corrected chi connectivity index (χ4v) is 1.41. The van der Waals surface area contributed by atoms with Crippen LogP contribution in [0.5, 0.6) is 0 Å². The topological polar surface area (TPSA) is 33.1 Å². The molecule has 0 aliphatic heterocycles. The Hall–Kier alpha value is -0.370. The van der Waals surface area contributed by atoms with Crippen LogP contribution in [-0.4, -0.2) is 10.1 Å². The Morgan fingerprint density at radius 3 is 2.62 bits per heavy atom. The zero-order valence-electron chi connectivity index (χ0n) is 6.27. The van der Waals surface area contributed by atoms with Crippen molar-refractivity contribution in [2.45, 2.75) is 13.0 Å². The quantitative estimate of drug-likeness (QED) is 0.671. The highest BCUT2D eigenvalue weighted by Crippen LogP contribution is 2.24. The van der Waals surface area contributed by atoms with Gasteiger partial charge in [-0.25, -0.2) is 13.8 Å². The van der Waals surface area contributed by atoms with Crippen molar-refractivity contribution in [2.24, 2.45) is 0 Å². The fourth-order valence-electron chi connectivity index (χ4n) is 0.780. The summed E-state index contributed by atoms with van der Waals surface area (Å²) < 4.78 is 37.3. The summed E-state index contributed by atoms with van der Waals surface area (Å²) in [5.74, 6) is -1.22. The molecule has 72 valence electrons. The second-order valence-electron chi connectivity index (χ2n) is 2.26. The van der Waals surface area contributed by atoms with Gasteiger partial charge in [-0.3, -0.25) is 0 Å². The van der Waals surface area contributed by atoms with Crippen LogP contribution in [0.3, 0.4) is 0 Å². The van der Waals surface area contributed by atoms with Crippen LogP contribution in [-0.2, 0) is 6.61 Å². The molecule has 2 nitrogen and oxygen atoms in total. The van der Waals surface area contributed by atoms with Gasteiger partial charge in [-0.15, -0.1) is 0 Å². The number of halogens is 4. The fraction of sp³-hybridized carbons (Fsp3) is 0.286. The van der Waals surface area contributed by atoms with Crippen molar-refractivity contribution in [1.29, 1.82) is 0 Å². The lowest BCUT2D eigenvalue weighted by atomic mass is 10.2. The number of hydrogen-bond donors (Lipinski definition) is 1. The summed E-state index contributed by atoms with van der Waals surface area (Å²) in [5, 5.41) is 8.65. The number of pyridine rings is 1. The van der Waals surface area contributed by atoms with Gasteiger partial charge in [0.15, 0.2) is 0 Å². The van der Waals surface area contributed by atoms with E-state index in [-0.39, 0.29) is 5.69 Å². The maximum atomic E-state index is 12.8. The van der Waals surface area contributed by atoms with E-state index in [0.717, 1.165) is 6.07 Å². The third-order valence-corrected chi connectivity index (χ3v) is 2.35. The SMILES string of the molecule is OCc1nc(F)c(C(F)F)cc1I. The molecule has 0 aliphatic rings. The first-order valence-corrected chi connectivity index (χ1v) is 4.38. The highest BCUT2D eigenvalue weighted by molar-refractivity contribution is 14.1. The Balaban J connectivity index is 3.20. The molecule has 0 bridgehead atoms. The van der Waals surface area contributed by atoms with Crippen LogP contribution >= 0.6 is 22.6 Å². The van der Waals surface area contributed by atoms with E-state index < -0.39 is 24.5 Å². The highest BCUT2D eigenvalue weighted by Gasteiger charge is 2.17. The maximum absolute atomic E-state index is 12.8. The molecule has 0 saturated carbocycles. The van der Waals surface area contributed by atoms with Gasteiger partial charge in [-0.05, 0) is 28.7 Å². The molecule has 0 aromatic carbocycles. The molecule has 0 saturated heterocycles.